The number of nitrogens with zero attached hydrogens (tertiary/aromatic N) is 1. The van der Waals surface area contributed by atoms with E-state index in [1.54, 1.807) is 4.90 Å². The lowest BCUT2D eigenvalue weighted by atomic mass is 10.2. The molecule has 0 aromatic heterocycles. The Bertz CT molecular complexity index is 260. The van der Waals surface area contributed by atoms with Crippen LogP contribution in [0.5, 0.6) is 0 Å². The second-order valence-corrected chi connectivity index (χ2v) is 5.20. The van der Waals surface area contributed by atoms with Gasteiger partial charge < -0.3 is 19.1 Å². The number of carbonyl (C=O) groups is 1. The van der Waals surface area contributed by atoms with Crippen molar-refractivity contribution in [3.05, 3.63) is 0 Å². The molecule has 0 aromatic rings. The molecule has 0 radical (unpaired) electrons. The molecular weight excluding hydrogens is 210 g/mol. The first-order valence-corrected chi connectivity index (χ1v) is 5.67. The van der Waals surface area contributed by atoms with Crippen molar-refractivity contribution in [1.29, 1.82) is 0 Å². The van der Waals surface area contributed by atoms with Crippen molar-refractivity contribution in [2.75, 3.05) is 26.3 Å². The minimum absolute atomic E-state index is 0.0151. The van der Waals surface area contributed by atoms with Gasteiger partial charge in [-0.3, -0.25) is 0 Å². The Balaban J connectivity index is 1.90. The lowest BCUT2D eigenvalue weighted by Gasteiger charge is -2.24. The van der Waals surface area contributed by atoms with E-state index >= 15 is 0 Å². The molecule has 2 saturated heterocycles. The van der Waals surface area contributed by atoms with Gasteiger partial charge in [0, 0.05) is 0 Å². The molecule has 5 nitrogen and oxygen atoms in total. The van der Waals surface area contributed by atoms with Crippen LogP contribution in [0.15, 0.2) is 0 Å². The molecule has 0 bridgehead atoms. The van der Waals surface area contributed by atoms with E-state index in [-0.39, 0.29) is 18.3 Å². The Hall–Kier alpha value is -0.810. The molecule has 5 heteroatoms. The SMILES string of the molecule is CC(C)(C)OC(=O)N1C[C@@H]2OCCO[C@@H]2C1. The Morgan fingerprint density at radius 2 is 1.69 bits per heavy atom. The molecule has 2 atom stereocenters. The predicted octanol–water partition coefficient (Wildman–Crippen LogP) is 1.02. The normalized spacial score (nSPS) is 30.1. The maximum Gasteiger partial charge on any atom is 0.410 e. The zero-order valence-electron chi connectivity index (χ0n) is 10.1. The molecule has 2 rings (SSSR count). The third-order valence-corrected chi connectivity index (χ3v) is 2.61. The topological polar surface area (TPSA) is 48.0 Å². The van der Waals surface area contributed by atoms with Gasteiger partial charge in [0.05, 0.1) is 26.3 Å². The summed E-state index contributed by atoms with van der Waals surface area (Å²) in [5.41, 5.74) is -0.452. The molecule has 0 aromatic carbocycles. The first kappa shape index (κ1) is 11.7. The van der Waals surface area contributed by atoms with Crippen LogP contribution in [0.25, 0.3) is 0 Å². The van der Waals surface area contributed by atoms with Gasteiger partial charge in [0.1, 0.15) is 17.8 Å². The molecule has 1 amide bonds. The number of rotatable bonds is 0. The number of likely N-dealkylation sites (tertiary alicyclic amines) is 1. The molecule has 92 valence electrons. The van der Waals surface area contributed by atoms with Crippen molar-refractivity contribution < 1.29 is 19.0 Å². The van der Waals surface area contributed by atoms with E-state index in [0.29, 0.717) is 26.3 Å². The van der Waals surface area contributed by atoms with E-state index in [0.717, 1.165) is 0 Å². The summed E-state index contributed by atoms with van der Waals surface area (Å²) in [6.45, 7) is 7.95. The second kappa shape index (κ2) is 4.22. The van der Waals surface area contributed by atoms with Crippen molar-refractivity contribution in [3.8, 4) is 0 Å². The maximum atomic E-state index is 11.8. The van der Waals surface area contributed by atoms with Crippen molar-refractivity contribution >= 4 is 6.09 Å². The molecule has 2 aliphatic rings. The van der Waals surface area contributed by atoms with E-state index in [1.807, 2.05) is 20.8 Å². The van der Waals surface area contributed by atoms with Crippen LogP contribution in [0.4, 0.5) is 4.79 Å². The largest absolute Gasteiger partial charge is 0.444 e. The van der Waals surface area contributed by atoms with Gasteiger partial charge in [-0.25, -0.2) is 4.79 Å². The van der Waals surface area contributed by atoms with Crippen LogP contribution in [0.1, 0.15) is 20.8 Å². The first-order valence-electron chi connectivity index (χ1n) is 5.67. The molecule has 0 aliphatic carbocycles. The molecule has 0 saturated carbocycles. The molecule has 2 heterocycles. The van der Waals surface area contributed by atoms with Gasteiger partial charge in [-0.2, -0.15) is 0 Å². The summed E-state index contributed by atoms with van der Waals surface area (Å²) in [4.78, 5) is 13.5. The molecule has 2 aliphatic heterocycles. The van der Waals surface area contributed by atoms with E-state index in [1.165, 1.54) is 0 Å². The Kier molecular flexibility index (Phi) is 3.08. The summed E-state index contributed by atoms with van der Waals surface area (Å²) in [7, 11) is 0. The summed E-state index contributed by atoms with van der Waals surface area (Å²) in [6, 6.07) is 0. The molecule has 0 spiro atoms. The van der Waals surface area contributed by atoms with Crippen molar-refractivity contribution in [1.82, 2.24) is 4.90 Å². The van der Waals surface area contributed by atoms with Crippen molar-refractivity contribution in [2.45, 2.75) is 38.6 Å². The van der Waals surface area contributed by atoms with Gasteiger partial charge in [-0.05, 0) is 20.8 Å². The summed E-state index contributed by atoms with van der Waals surface area (Å²) in [5, 5.41) is 0. The fraction of sp³-hybridized carbons (Fsp3) is 0.909. The van der Waals surface area contributed by atoms with Gasteiger partial charge in [0.25, 0.3) is 0 Å². The number of ether oxygens (including phenoxy) is 3. The fourth-order valence-corrected chi connectivity index (χ4v) is 1.94. The third-order valence-electron chi connectivity index (χ3n) is 2.61. The molecule has 0 unspecified atom stereocenters. The van der Waals surface area contributed by atoms with Crippen LogP contribution in [0, 0.1) is 0 Å². The highest BCUT2D eigenvalue weighted by molar-refractivity contribution is 5.68. The summed E-state index contributed by atoms with van der Waals surface area (Å²) >= 11 is 0. The highest BCUT2D eigenvalue weighted by Crippen LogP contribution is 2.22. The highest BCUT2D eigenvalue weighted by atomic mass is 16.6. The average Bonchev–Trinajstić information content (AvgIpc) is 2.58. The van der Waals surface area contributed by atoms with Crippen LogP contribution < -0.4 is 0 Å². The van der Waals surface area contributed by atoms with Gasteiger partial charge in [0.2, 0.25) is 0 Å². The summed E-state index contributed by atoms with van der Waals surface area (Å²) < 4.78 is 16.4. The second-order valence-electron chi connectivity index (χ2n) is 5.20. The van der Waals surface area contributed by atoms with Gasteiger partial charge in [0.15, 0.2) is 0 Å². The minimum atomic E-state index is -0.452. The van der Waals surface area contributed by atoms with Crippen LogP contribution >= 0.6 is 0 Å². The van der Waals surface area contributed by atoms with E-state index in [2.05, 4.69) is 0 Å². The number of hydrogen-bond acceptors (Lipinski definition) is 4. The maximum absolute atomic E-state index is 11.8. The predicted molar refractivity (Wildman–Crippen MR) is 57.3 cm³/mol. The highest BCUT2D eigenvalue weighted by Gasteiger charge is 2.40. The quantitative estimate of drug-likeness (QED) is 0.622. The first-order chi connectivity index (χ1) is 7.46. The van der Waals surface area contributed by atoms with Gasteiger partial charge >= 0.3 is 6.09 Å². The molecular formula is C11H19NO4. The zero-order valence-corrected chi connectivity index (χ0v) is 10.1. The fourth-order valence-electron chi connectivity index (χ4n) is 1.94. The van der Waals surface area contributed by atoms with Crippen LogP contribution in [-0.2, 0) is 14.2 Å². The van der Waals surface area contributed by atoms with Gasteiger partial charge in [-0.1, -0.05) is 0 Å². The van der Waals surface area contributed by atoms with Crippen molar-refractivity contribution in [3.63, 3.8) is 0 Å². The summed E-state index contributed by atoms with van der Waals surface area (Å²) in [5.74, 6) is 0. The van der Waals surface area contributed by atoms with Crippen LogP contribution in [0.3, 0.4) is 0 Å². The third kappa shape index (κ3) is 2.65. The Morgan fingerprint density at radius 1 is 1.19 bits per heavy atom. The lowest BCUT2D eigenvalue weighted by molar-refractivity contribution is -0.116. The van der Waals surface area contributed by atoms with Gasteiger partial charge in [-0.15, -0.1) is 0 Å². The minimum Gasteiger partial charge on any atom is -0.444 e. The number of fused-ring (bicyclic) bond motifs is 1. The van der Waals surface area contributed by atoms with Crippen LogP contribution in [0.2, 0.25) is 0 Å². The van der Waals surface area contributed by atoms with Crippen LogP contribution in [-0.4, -0.2) is 55.1 Å². The van der Waals surface area contributed by atoms with Crippen molar-refractivity contribution in [2.24, 2.45) is 0 Å². The summed E-state index contributed by atoms with van der Waals surface area (Å²) in [6.07, 6.45) is -0.253. The number of hydrogen-bond donors (Lipinski definition) is 0. The molecule has 16 heavy (non-hydrogen) atoms. The number of amides is 1. The average molecular weight is 229 g/mol. The smallest absolute Gasteiger partial charge is 0.410 e. The van der Waals surface area contributed by atoms with E-state index < -0.39 is 5.60 Å². The van der Waals surface area contributed by atoms with E-state index in [4.69, 9.17) is 14.2 Å². The zero-order chi connectivity index (χ0) is 11.8. The molecule has 0 N–H and O–H groups in total. The molecule has 2 fully saturated rings. The lowest BCUT2D eigenvalue weighted by Crippen LogP contribution is -2.36. The standard InChI is InChI=1S/C11H19NO4/c1-11(2,3)16-10(13)12-6-8-9(7-12)15-5-4-14-8/h8-9H,4-7H2,1-3H3/t8-,9+. The Morgan fingerprint density at radius 3 is 2.12 bits per heavy atom. The Labute approximate surface area is 95.6 Å². The monoisotopic (exact) mass is 229 g/mol. The van der Waals surface area contributed by atoms with E-state index in [9.17, 15) is 4.79 Å². The number of carbonyl (C=O) groups excluding carboxylic acids is 1.